The molecule has 1 N–H and O–H groups in total. The number of carbonyl (C=O) groups is 2. The second-order valence-electron chi connectivity index (χ2n) is 7.39. The molecule has 30 heavy (non-hydrogen) atoms. The number of benzene rings is 1. The minimum atomic E-state index is -0.718. The van der Waals surface area contributed by atoms with Crippen molar-refractivity contribution in [2.24, 2.45) is 16.0 Å². The summed E-state index contributed by atoms with van der Waals surface area (Å²) in [6.45, 7) is 6.98. The highest BCUT2D eigenvalue weighted by atomic mass is 19.1. The second-order valence-corrected chi connectivity index (χ2v) is 7.39. The third kappa shape index (κ3) is 5.48. The minimum Gasteiger partial charge on any atom is -0.469 e. The van der Waals surface area contributed by atoms with Gasteiger partial charge in [0, 0.05) is 18.7 Å². The summed E-state index contributed by atoms with van der Waals surface area (Å²) < 4.78 is 23.4. The standard InChI is InChI=1S/C21H27FN4O4/c1-15(23-8-3-9-25-10-12-30-13-11-25)20-18(14-19(27)29-2)24-26(21(20)28)17-6-4-16(22)5-7-17/h4-7,20H,3,8-14H2,1-2H3/p+1. The molecular formula is C21H28FN4O4+. The van der Waals surface area contributed by atoms with Crippen LogP contribution in [0.1, 0.15) is 19.8 Å². The summed E-state index contributed by atoms with van der Waals surface area (Å²) in [6.07, 6.45) is 0.800. The summed E-state index contributed by atoms with van der Waals surface area (Å²) >= 11 is 0. The maximum Gasteiger partial charge on any atom is 0.311 e. The number of carbonyl (C=O) groups excluding carboxylic acids is 2. The molecule has 0 saturated carbocycles. The first-order chi connectivity index (χ1) is 14.5. The average molecular weight is 419 g/mol. The predicted molar refractivity (Wildman–Crippen MR) is 110 cm³/mol. The van der Waals surface area contributed by atoms with Crippen molar-refractivity contribution in [3.05, 3.63) is 30.1 Å². The van der Waals surface area contributed by atoms with Crippen LogP contribution in [0, 0.1) is 11.7 Å². The predicted octanol–water partition coefficient (Wildman–Crippen LogP) is 0.474. The van der Waals surface area contributed by atoms with Gasteiger partial charge in [0.15, 0.2) is 0 Å². The zero-order valence-electron chi connectivity index (χ0n) is 17.4. The van der Waals surface area contributed by atoms with E-state index in [9.17, 15) is 14.0 Å². The Balaban J connectivity index is 1.69. The van der Waals surface area contributed by atoms with E-state index in [4.69, 9.17) is 9.47 Å². The number of methoxy groups -OCH3 is 1. The van der Waals surface area contributed by atoms with Crippen LogP contribution in [0.3, 0.4) is 0 Å². The summed E-state index contributed by atoms with van der Waals surface area (Å²) in [5.41, 5.74) is 1.44. The van der Waals surface area contributed by atoms with Crippen LogP contribution in [0.15, 0.2) is 34.4 Å². The van der Waals surface area contributed by atoms with Gasteiger partial charge in [-0.05, 0) is 31.2 Å². The first-order valence-corrected chi connectivity index (χ1v) is 10.2. The fourth-order valence-corrected chi connectivity index (χ4v) is 3.63. The molecule has 162 valence electrons. The van der Waals surface area contributed by atoms with Crippen LogP contribution in [0.5, 0.6) is 0 Å². The normalized spacial score (nSPS) is 20.4. The van der Waals surface area contributed by atoms with Gasteiger partial charge in [0.05, 0.1) is 44.7 Å². The topological polar surface area (TPSA) is 85.0 Å². The van der Waals surface area contributed by atoms with Crippen LogP contribution in [0.2, 0.25) is 0 Å². The Morgan fingerprint density at radius 2 is 2.03 bits per heavy atom. The smallest absolute Gasteiger partial charge is 0.311 e. The van der Waals surface area contributed by atoms with E-state index in [2.05, 4.69) is 10.1 Å². The van der Waals surface area contributed by atoms with Gasteiger partial charge in [-0.2, -0.15) is 10.1 Å². The molecule has 1 unspecified atom stereocenters. The monoisotopic (exact) mass is 419 g/mol. The van der Waals surface area contributed by atoms with Gasteiger partial charge in [0.2, 0.25) is 0 Å². The number of nitrogens with zero attached hydrogens (tertiary/aromatic N) is 3. The number of amides is 1. The van der Waals surface area contributed by atoms with Crippen molar-refractivity contribution in [3.63, 3.8) is 0 Å². The van der Waals surface area contributed by atoms with Crippen LogP contribution in [0.4, 0.5) is 10.1 Å². The largest absolute Gasteiger partial charge is 0.469 e. The fraction of sp³-hybridized carbons (Fsp3) is 0.524. The molecular weight excluding hydrogens is 391 g/mol. The lowest BCUT2D eigenvalue weighted by Gasteiger charge is -2.23. The molecule has 1 atom stereocenters. The number of hydrogen-bond donors (Lipinski definition) is 1. The van der Waals surface area contributed by atoms with E-state index in [1.165, 1.54) is 41.3 Å². The van der Waals surface area contributed by atoms with E-state index in [0.717, 1.165) is 39.3 Å². The van der Waals surface area contributed by atoms with Crippen molar-refractivity contribution in [1.29, 1.82) is 0 Å². The molecule has 0 radical (unpaired) electrons. The quantitative estimate of drug-likeness (QED) is 0.377. The lowest BCUT2D eigenvalue weighted by atomic mass is 9.96. The number of rotatable bonds is 8. The number of hydrogen-bond acceptors (Lipinski definition) is 6. The van der Waals surface area contributed by atoms with E-state index in [1.807, 2.05) is 0 Å². The number of quaternary nitrogens is 1. The molecule has 1 fully saturated rings. The molecule has 0 aromatic heterocycles. The third-order valence-corrected chi connectivity index (χ3v) is 5.31. The van der Waals surface area contributed by atoms with E-state index in [-0.39, 0.29) is 12.3 Å². The Hall–Kier alpha value is -2.65. The van der Waals surface area contributed by atoms with Gasteiger partial charge in [0.1, 0.15) is 24.8 Å². The Kier molecular flexibility index (Phi) is 7.64. The van der Waals surface area contributed by atoms with Gasteiger partial charge in [-0.25, -0.2) is 4.39 Å². The number of morpholine rings is 1. The number of aliphatic imine (C=N–C) groups is 1. The van der Waals surface area contributed by atoms with Crippen molar-refractivity contribution in [1.82, 2.24) is 0 Å². The lowest BCUT2D eigenvalue weighted by molar-refractivity contribution is -0.908. The minimum absolute atomic E-state index is 0.102. The summed E-state index contributed by atoms with van der Waals surface area (Å²) in [6, 6.07) is 5.49. The SMILES string of the molecule is COC(=O)CC1=NN(c2ccc(F)cc2)C(=O)C1C(C)=NCCC[NH+]1CCOCC1. The molecule has 0 spiro atoms. The summed E-state index contributed by atoms with van der Waals surface area (Å²) in [5.74, 6) is -1.90. The maximum atomic E-state index is 13.2. The van der Waals surface area contributed by atoms with Gasteiger partial charge in [-0.3, -0.25) is 14.6 Å². The second kappa shape index (κ2) is 10.4. The van der Waals surface area contributed by atoms with Gasteiger partial charge >= 0.3 is 5.97 Å². The maximum absolute atomic E-state index is 13.2. The third-order valence-electron chi connectivity index (χ3n) is 5.31. The zero-order chi connectivity index (χ0) is 21.5. The number of esters is 1. The molecule has 1 saturated heterocycles. The Bertz CT molecular complexity index is 819. The van der Waals surface area contributed by atoms with Crippen molar-refractivity contribution < 1.29 is 28.4 Å². The zero-order valence-corrected chi connectivity index (χ0v) is 17.4. The van der Waals surface area contributed by atoms with Gasteiger partial charge in [-0.15, -0.1) is 0 Å². The average Bonchev–Trinajstić information content (AvgIpc) is 3.08. The van der Waals surface area contributed by atoms with Crippen LogP contribution in [-0.2, 0) is 19.1 Å². The van der Waals surface area contributed by atoms with Crippen molar-refractivity contribution >= 4 is 29.0 Å². The van der Waals surface area contributed by atoms with Crippen LogP contribution in [-0.4, -0.2) is 69.8 Å². The van der Waals surface area contributed by atoms with Gasteiger partial charge in [-0.1, -0.05) is 0 Å². The van der Waals surface area contributed by atoms with Gasteiger partial charge < -0.3 is 14.4 Å². The van der Waals surface area contributed by atoms with Crippen molar-refractivity contribution in [2.75, 3.05) is 51.5 Å². The molecule has 1 amide bonds. The number of nitrogens with one attached hydrogen (secondary N) is 1. The number of anilines is 1. The summed E-state index contributed by atoms with van der Waals surface area (Å²) in [7, 11) is 1.29. The van der Waals surface area contributed by atoms with Crippen LogP contribution < -0.4 is 9.91 Å². The number of halogens is 1. The molecule has 1 aromatic rings. The molecule has 9 heteroatoms. The highest BCUT2D eigenvalue weighted by Crippen LogP contribution is 2.26. The van der Waals surface area contributed by atoms with Crippen LogP contribution in [0.25, 0.3) is 0 Å². The lowest BCUT2D eigenvalue weighted by Crippen LogP contribution is -3.14. The molecule has 1 aromatic carbocycles. The van der Waals surface area contributed by atoms with Gasteiger partial charge in [0.25, 0.3) is 5.91 Å². The Labute approximate surface area is 175 Å². The number of hydrazone groups is 1. The highest BCUT2D eigenvalue weighted by Gasteiger charge is 2.39. The number of ether oxygens (including phenoxy) is 2. The molecule has 2 heterocycles. The van der Waals surface area contributed by atoms with Crippen molar-refractivity contribution in [2.45, 2.75) is 19.8 Å². The fourth-order valence-electron chi connectivity index (χ4n) is 3.63. The molecule has 0 aliphatic carbocycles. The molecule has 8 nitrogen and oxygen atoms in total. The molecule has 0 bridgehead atoms. The Morgan fingerprint density at radius 1 is 1.33 bits per heavy atom. The van der Waals surface area contributed by atoms with Crippen LogP contribution >= 0.6 is 0 Å². The molecule has 2 aliphatic heterocycles. The summed E-state index contributed by atoms with van der Waals surface area (Å²) in [4.78, 5) is 31.0. The highest BCUT2D eigenvalue weighted by molar-refractivity contribution is 6.30. The summed E-state index contributed by atoms with van der Waals surface area (Å²) in [5, 5.41) is 5.55. The van der Waals surface area contributed by atoms with Crippen molar-refractivity contribution in [3.8, 4) is 0 Å². The van der Waals surface area contributed by atoms with E-state index < -0.39 is 17.7 Å². The first kappa shape index (κ1) is 22.0. The first-order valence-electron chi connectivity index (χ1n) is 10.2. The Morgan fingerprint density at radius 3 is 2.70 bits per heavy atom. The molecule has 3 rings (SSSR count). The van der Waals surface area contributed by atoms with E-state index in [0.29, 0.717) is 23.7 Å². The molecule has 2 aliphatic rings. The van der Waals surface area contributed by atoms with E-state index >= 15 is 0 Å². The van der Waals surface area contributed by atoms with E-state index in [1.54, 1.807) is 6.92 Å².